The molecule has 1 unspecified atom stereocenters. The average Bonchev–Trinajstić information content (AvgIpc) is 3.65. The topological polar surface area (TPSA) is 103 Å². The molecule has 2 aromatic heterocycles. The first kappa shape index (κ1) is 33.5. The Hall–Kier alpha value is -1.66. The fourth-order valence-corrected chi connectivity index (χ4v) is 7.12. The Bertz CT molecular complexity index is 1160. The van der Waals surface area contributed by atoms with Crippen molar-refractivity contribution in [3.8, 4) is 0 Å². The van der Waals surface area contributed by atoms with Gasteiger partial charge in [-0.3, -0.25) is 19.6 Å². The lowest BCUT2D eigenvalue weighted by Gasteiger charge is -2.32. The predicted molar refractivity (Wildman–Crippen MR) is 171 cm³/mol. The van der Waals surface area contributed by atoms with Crippen molar-refractivity contribution in [2.45, 2.75) is 96.4 Å². The van der Waals surface area contributed by atoms with Crippen LogP contribution >= 0.6 is 46.2 Å². The molecule has 7 nitrogen and oxygen atoms in total. The van der Waals surface area contributed by atoms with Gasteiger partial charge in [-0.1, -0.05) is 63.4 Å². The zero-order valence-electron chi connectivity index (χ0n) is 24.5. The van der Waals surface area contributed by atoms with E-state index in [-0.39, 0.29) is 29.8 Å². The first-order chi connectivity index (χ1) is 18.2. The van der Waals surface area contributed by atoms with Crippen LogP contribution in [-0.2, 0) is 9.59 Å². The number of nitrogens with one attached hydrogen (secondary N) is 2. The van der Waals surface area contributed by atoms with E-state index in [1.807, 2.05) is 56.7 Å². The van der Waals surface area contributed by atoms with E-state index in [0.717, 1.165) is 10.0 Å². The quantitative estimate of drug-likeness (QED) is 0.326. The van der Waals surface area contributed by atoms with Crippen LogP contribution < -0.4 is 10.6 Å². The zero-order valence-corrected chi connectivity index (χ0v) is 27.8. The van der Waals surface area contributed by atoms with Crippen LogP contribution in [0, 0.1) is 5.92 Å². The number of aliphatic hydroxyl groups is 1. The second kappa shape index (κ2) is 13.8. The van der Waals surface area contributed by atoms with Crippen molar-refractivity contribution in [1.82, 2.24) is 10.6 Å². The molecule has 39 heavy (non-hydrogen) atoms. The van der Waals surface area contributed by atoms with E-state index in [0.29, 0.717) is 5.17 Å². The van der Waals surface area contributed by atoms with Crippen molar-refractivity contribution in [3.63, 3.8) is 0 Å². The van der Waals surface area contributed by atoms with Gasteiger partial charge in [0.25, 0.3) is 0 Å². The van der Waals surface area contributed by atoms with Crippen molar-refractivity contribution < 1.29 is 14.7 Å². The summed E-state index contributed by atoms with van der Waals surface area (Å²) in [5.74, 6) is 0.161. The second-order valence-electron chi connectivity index (χ2n) is 10.2. The minimum absolute atomic E-state index is 0.00644. The summed E-state index contributed by atoms with van der Waals surface area (Å²) in [6.07, 6.45) is 0. The Kier molecular flexibility index (Phi) is 11.9. The van der Waals surface area contributed by atoms with Gasteiger partial charge in [0.1, 0.15) is 9.49 Å². The number of carbonyl (C=O) groups excluding carboxylic acids is 2. The van der Waals surface area contributed by atoms with Crippen LogP contribution in [0.3, 0.4) is 0 Å². The van der Waals surface area contributed by atoms with Crippen LogP contribution in [-0.4, -0.2) is 42.4 Å². The van der Waals surface area contributed by atoms with Gasteiger partial charge in [-0.05, 0) is 70.4 Å². The first-order valence-electron chi connectivity index (χ1n) is 13.1. The molecule has 2 fully saturated rings. The van der Waals surface area contributed by atoms with Gasteiger partial charge in [0.05, 0.1) is 17.7 Å². The van der Waals surface area contributed by atoms with Gasteiger partial charge < -0.3 is 15.7 Å². The molecule has 216 valence electrons. The van der Waals surface area contributed by atoms with Crippen molar-refractivity contribution >= 4 is 68.3 Å². The monoisotopic (exact) mass is 610 g/mol. The fraction of sp³-hybridized carbons (Fsp3) is 0.571. The Morgan fingerprint density at radius 2 is 1.26 bits per heavy atom. The molecule has 2 saturated heterocycles. The van der Waals surface area contributed by atoms with Crippen LogP contribution in [0.2, 0.25) is 0 Å². The number of carbonyl (C=O) groups is 2. The highest BCUT2D eigenvalue weighted by molar-refractivity contribution is 8.16. The van der Waals surface area contributed by atoms with E-state index in [1.54, 1.807) is 55.2 Å². The van der Waals surface area contributed by atoms with Crippen LogP contribution in [0.5, 0.6) is 0 Å². The largest absolute Gasteiger partial charge is 0.388 e. The summed E-state index contributed by atoms with van der Waals surface area (Å²) in [4.78, 5) is 35.6. The highest BCUT2D eigenvalue weighted by atomic mass is 32.2. The zero-order chi connectivity index (χ0) is 29.6. The molecular formula is C28H42N4O3S4. The molecule has 3 N–H and O–H groups in total. The maximum atomic E-state index is 12.1. The minimum atomic E-state index is -1.11. The van der Waals surface area contributed by atoms with Crippen molar-refractivity contribution in [2.24, 2.45) is 15.9 Å². The molecule has 0 spiro atoms. The van der Waals surface area contributed by atoms with Gasteiger partial charge in [-0.2, -0.15) is 0 Å². The lowest BCUT2D eigenvalue weighted by molar-refractivity contribution is -0.126. The van der Waals surface area contributed by atoms with Gasteiger partial charge in [-0.15, -0.1) is 22.7 Å². The average molecular weight is 611 g/mol. The third-order valence-corrected chi connectivity index (χ3v) is 11.8. The predicted octanol–water partition coefficient (Wildman–Crippen LogP) is 7.03. The maximum Gasteiger partial charge on any atom is 0.245 e. The molecule has 0 aromatic carbocycles. The number of thiophene rings is 2. The standard InChI is InChI=1S/C13H18N2O2S2.C13H18N2OS2.C2H6/c1-8(9-6-5-7-18-9)14-11-15-10(16)13(4,19-11)12(2,3)17;1-8(2)13(4)11(16)15-12(18-13)14-9(3)10-6-5-7-17-10;1-2/h5-8,17H,1-4H3,(H,14,15,16);5-9H,1-4H3,(H,14,15,16);1-2H3/t8-,13?;9-,13+;/m00./s1. The number of hydrogen-bond acceptors (Lipinski definition) is 9. The van der Waals surface area contributed by atoms with Crippen LogP contribution in [0.4, 0.5) is 0 Å². The lowest BCUT2D eigenvalue weighted by Crippen LogP contribution is -2.50. The van der Waals surface area contributed by atoms with Gasteiger partial charge >= 0.3 is 0 Å². The summed E-state index contributed by atoms with van der Waals surface area (Å²) >= 11 is 6.18. The number of hydrogen-bond donors (Lipinski definition) is 3. The van der Waals surface area contributed by atoms with E-state index in [4.69, 9.17) is 0 Å². The van der Waals surface area contributed by atoms with E-state index in [2.05, 4.69) is 47.5 Å². The fourth-order valence-electron chi connectivity index (χ4n) is 3.41. The molecule has 2 aromatic rings. The Morgan fingerprint density at radius 1 is 0.821 bits per heavy atom. The maximum absolute atomic E-state index is 12.1. The van der Waals surface area contributed by atoms with E-state index >= 15 is 0 Å². The van der Waals surface area contributed by atoms with Crippen LogP contribution in [0.15, 0.2) is 45.0 Å². The number of amides is 2. The summed E-state index contributed by atoms with van der Waals surface area (Å²) in [5.41, 5.74) is -1.11. The number of aliphatic imine (C=N–C) groups is 2. The number of nitrogens with zero attached hydrogens (tertiary/aromatic N) is 2. The number of rotatable bonds is 6. The third kappa shape index (κ3) is 7.97. The smallest absolute Gasteiger partial charge is 0.245 e. The summed E-state index contributed by atoms with van der Waals surface area (Å²) in [5, 5.41) is 21.2. The summed E-state index contributed by atoms with van der Waals surface area (Å²) in [6, 6.07) is 8.21. The molecule has 2 amide bonds. The van der Waals surface area contributed by atoms with Crippen LogP contribution in [0.1, 0.15) is 91.1 Å². The van der Waals surface area contributed by atoms with Gasteiger partial charge in [-0.25, -0.2) is 0 Å². The van der Waals surface area contributed by atoms with Crippen molar-refractivity contribution in [1.29, 1.82) is 0 Å². The molecule has 4 atom stereocenters. The number of amidine groups is 2. The molecule has 0 radical (unpaired) electrons. The molecule has 0 aliphatic carbocycles. The minimum Gasteiger partial charge on any atom is -0.388 e. The highest BCUT2D eigenvalue weighted by Crippen LogP contribution is 2.41. The van der Waals surface area contributed by atoms with Crippen molar-refractivity contribution in [2.75, 3.05) is 0 Å². The molecule has 4 heterocycles. The molecule has 0 saturated carbocycles. The third-order valence-electron chi connectivity index (χ3n) is 6.74. The molecule has 0 bridgehead atoms. The molecular weight excluding hydrogens is 569 g/mol. The van der Waals surface area contributed by atoms with Gasteiger partial charge in [0.2, 0.25) is 11.8 Å². The SMILES string of the molecule is CC.CC(C)[C@@]1(C)SC(=N[C@@H](C)c2cccs2)NC1=O.C[C@H](N=C1NC(=O)C(C)(C(C)(C)O)S1)c1cccs1. The van der Waals surface area contributed by atoms with E-state index in [9.17, 15) is 14.7 Å². The second-order valence-corrected chi connectivity index (χ2v) is 15.0. The summed E-state index contributed by atoms with van der Waals surface area (Å²) in [6.45, 7) is 19.2. The molecule has 2 aliphatic heterocycles. The van der Waals surface area contributed by atoms with Gasteiger partial charge in [0.15, 0.2) is 10.3 Å². The Labute approximate surface area is 249 Å². The molecule has 4 rings (SSSR count). The lowest BCUT2D eigenvalue weighted by atomic mass is 9.91. The van der Waals surface area contributed by atoms with Crippen LogP contribution in [0.25, 0.3) is 0 Å². The van der Waals surface area contributed by atoms with E-state index in [1.165, 1.54) is 16.6 Å². The van der Waals surface area contributed by atoms with Gasteiger partial charge in [0, 0.05) is 9.75 Å². The normalized spacial score (nSPS) is 26.5. The Balaban J connectivity index is 0.000000258. The van der Waals surface area contributed by atoms with E-state index < -0.39 is 15.1 Å². The van der Waals surface area contributed by atoms with Crippen molar-refractivity contribution in [3.05, 3.63) is 44.8 Å². The number of thioether (sulfide) groups is 2. The summed E-state index contributed by atoms with van der Waals surface area (Å²) < 4.78 is -1.30. The highest BCUT2D eigenvalue weighted by Gasteiger charge is 2.52. The molecule has 2 aliphatic rings. The summed E-state index contributed by atoms with van der Waals surface area (Å²) in [7, 11) is 0. The Morgan fingerprint density at radius 3 is 1.59 bits per heavy atom. The molecule has 11 heteroatoms. The first-order valence-corrected chi connectivity index (χ1v) is 16.5.